The van der Waals surface area contributed by atoms with Gasteiger partial charge in [-0.2, -0.15) is 5.10 Å². The van der Waals surface area contributed by atoms with Gasteiger partial charge in [-0.3, -0.25) is 14.6 Å². The normalized spacial score (nSPS) is 17.7. The third-order valence-corrected chi connectivity index (χ3v) is 5.24. The standard InChI is InChI=1S/C22H25ClN4O/c1-2-27-15-18(13-24-27)14-26-9-10-28-22(16-26)21-8-4-7-20(25-21)12-17-5-3-6-19(23)11-17/h3-8,11,13,15,22H,2,9-10,12,14,16H2,1H3. The van der Waals surface area contributed by atoms with Gasteiger partial charge >= 0.3 is 0 Å². The SMILES string of the molecule is CCn1cc(CN2CCOC(c3cccc(Cc4cccc(Cl)c4)n3)C2)cn1. The molecule has 2 aromatic heterocycles. The van der Waals surface area contributed by atoms with Gasteiger partial charge in [0.05, 0.1) is 18.5 Å². The molecule has 0 bridgehead atoms. The van der Waals surface area contributed by atoms with Crippen LogP contribution in [0.25, 0.3) is 0 Å². The molecule has 28 heavy (non-hydrogen) atoms. The fourth-order valence-electron chi connectivity index (χ4n) is 3.58. The predicted molar refractivity (Wildman–Crippen MR) is 110 cm³/mol. The van der Waals surface area contributed by atoms with E-state index >= 15 is 0 Å². The van der Waals surface area contributed by atoms with Crippen molar-refractivity contribution in [2.75, 3.05) is 19.7 Å². The van der Waals surface area contributed by atoms with Crippen LogP contribution < -0.4 is 0 Å². The number of aromatic nitrogens is 3. The maximum atomic E-state index is 6.11. The Morgan fingerprint density at radius 3 is 2.89 bits per heavy atom. The van der Waals surface area contributed by atoms with E-state index in [-0.39, 0.29) is 6.10 Å². The summed E-state index contributed by atoms with van der Waals surface area (Å²) in [6.45, 7) is 6.37. The maximum absolute atomic E-state index is 6.11. The van der Waals surface area contributed by atoms with Crippen molar-refractivity contribution in [1.29, 1.82) is 0 Å². The Balaban J connectivity index is 1.43. The number of benzene rings is 1. The first-order valence-corrected chi connectivity index (χ1v) is 10.1. The van der Waals surface area contributed by atoms with Crippen LogP contribution in [0.5, 0.6) is 0 Å². The minimum Gasteiger partial charge on any atom is -0.369 e. The largest absolute Gasteiger partial charge is 0.369 e. The molecule has 1 aliphatic heterocycles. The third-order valence-electron chi connectivity index (χ3n) is 5.00. The van der Waals surface area contributed by atoms with E-state index < -0.39 is 0 Å². The van der Waals surface area contributed by atoms with Crippen molar-refractivity contribution in [2.45, 2.75) is 32.5 Å². The Hall–Kier alpha value is -2.21. The molecule has 4 rings (SSSR count). The van der Waals surface area contributed by atoms with Crippen LogP contribution in [0.3, 0.4) is 0 Å². The molecule has 3 heterocycles. The number of morpholine rings is 1. The molecular weight excluding hydrogens is 372 g/mol. The van der Waals surface area contributed by atoms with Crippen molar-refractivity contribution in [1.82, 2.24) is 19.7 Å². The summed E-state index contributed by atoms with van der Waals surface area (Å²) >= 11 is 6.11. The van der Waals surface area contributed by atoms with Gasteiger partial charge < -0.3 is 4.74 Å². The fourth-order valence-corrected chi connectivity index (χ4v) is 3.79. The van der Waals surface area contributed by atoms with E-state index in [4.69, 9.17) is 21.3 Å². The Kier molecular flexibility index (Phi) is 6.05. The molecule has 6 heteroatoms. The molecule has 1 saturated heterocycles. The fraction of sp³-hybridized carbons (Fsp3) is 0.364. The topological polar surface area (TPSA) is 43.2 Å². The van der Waals surface area contributed by atoms with Crippen molar-refractivity contribution >= 4 is 11.6 Å². The second kappa shape index (κ2) is 8.86. The molecule has 1 aromatic carbocycles. The maximum Gasteiger partial charge on any atom is 0.112 e. The van der Waals surface area contributed by atoms with Crippen molar-refractivity contribution in [2.24, 2.45) is 0 Å². The molecule has 3 aromatic rings. The number of rotatable bonds is 6. The highest BCUT2D eigenvalue weighted by atomic mass is 35.5. The van der Waals surface area contributed by atoms with Crippen LogP contribution in [-0.4, -0.2) is 39.4 Å². The van der Waals surface area contributed by atoms with Crippen LogP contribution in [0.2, 0.25) is 5.02 Å². The van der Waals surface area contributed by atoms with E-state index in [0.717, 1.165) is 54.6 Å². The van der Waals surface area contributed by atoms with E-state index in [2.05, 4.69) is 47.4 Å². The van der Waals surface area contributed by atoms with Crippen molar-refractivity contribution in [3.05, 3.63) is 82.4 Å². The van der Waals surface area contributed by atoms with E-state index in [1.54, 1.807) is 0 Å². The van der Waals surface area contributed by atoms with Crippen LogP contribution in [0, 0.1) is 0 Å². The number of hydrogen-bond acceptors (Lipinski definition) is 4. The molecule has 0 amide bonds. The van der Waals surface area contributed by atoms with E-state index in [0.29, 0.717) is 6.61 Å². The van der Waals surface area contributed by atoms with E-state index in [1.807, 2.05) is 29.1 Å². The molecule has 0 spiro atoms. The van der Waals surface area contributed by atoms with Gasteiger partial charge in [0.1, 0.15) is 6.10 Å². The van der Waals surface area contributed by atoms with Crippen molar-refractivity contribution in [3.63, 3.8) is 0 Å². The quantitative estimate of drug-likeness (QED) is 0.628. The molecule has 1 unspecified atom stereocenters. The van der Waals surface area contributed by atoms with E-state index in [1.165, 1.54) is 5.56 Å². The first-order chi connectivity index (χ1) is 13.7. The minimum atomic E-state index is -0.00530. The van der Waals surface area contributed by atoms with Gasteiger partial charge in [0.15, 0.2) is 0 Å². The molecule has 1 aliphatic rings. The van der Waals surface area contributed by atoms with Crippen LogP contribution >= 0.6 is 11.6 Å². The number of pyridine rings is 1. The predicted octanol–water partition coefficient (Wildman–Crippen LogP) is 4.12. The highest BCUT2D eigenvalue weighted by Crippen LogP contribution is 2.23. The molecule has 0 aliphatic carbocycles. The number of halogens is 1. The molecular formula is C22H25ClN4O. The highest BCUT2D eigenvalue weighted by Gasteiger charge is 2.23. The molecule has 146 valence electrons. The zero-order valence-corrected chi connectivity index (χ0v) is 16.8. The molecule has 5 nitrogen and oxygen atoms in total. The summed E-state index contributed by atoms with van der Waals surface area (Å²) in [6.07, 6.45) is 4.84. The van der Waals surface area contributed by atoms with Gasteiger partial charge in [0.25, 0.3) is 0 Å². The lowest BCUT2D eigenvalue weighted by molar-refractivity contribution is -0.0350. The van der Waals surface area contributed by atoms with Crippen LogP contribution in [0.4, 0.5) is 0 Å². The molecule has 1 fully saturated rings. The summed E-state index contributed by atoms with van der Waals surface area (Å²) in [5.41, 5.74) is 4.43. The Morgan fingerprint density at radius 1 is 1.18 bits per heavy atom. The summed E-state index contributed by atoms with van der Waals surface area (Å²) < 4.78 is 8.00. The Bertz CT molecular complexity index is 926. The summed E-state index contributed by atoms with van der Waals surface area (Å²) in [6, 6.07) is 14.1. The Morgan fingerprint density at radius 2 is 2.07 bits per heavy atom. The van der Waals surface area contributed by atoms with Crippen molar-refractivity contribution < 1.29 is 4.74 Å². The highest BCUT2D eigenvalue weighted by molar-refractivity contribution is 6.30. The zero-order valence-electron chi connectivity index (χ0n) is 16.1. The monoisotopic (exact) mass is 396 g/mol. The lowest BCUT2D eigenvalue weighted by atomic mass is 10.1. The smallest absolute Gasteiger partial charge is 0.112 e. The molecule has 0 N–H and O–H groups in total. The Labute approximate surface area is 170 Å². The number of aryl methyl sites for hydroxylation is 1. The van der Waals surface area contributed by atoms with Gasteiger partial charge in [-0.25, -0.2) is 0 Å². The lowest BCUT2D eigenvalue weighted by Crippen LogP contribution is -2.38. The molecule has 1 atom stereocenters. The van der Waals surface area contributed by atoms with E-state index in [9.17, 15) is 0 Å². The van der Waals surface area contributed by atoms with Gasteiger partial charge in [-0.15, -0.1) is 0 Å². The van der Waals surface area contributed by atoms with Gasteiger partial charge in [-0.1, -0.05) is 29.8 Å². The second-order valence-electron chi connectivity index (χ2n) is 7.16. The number of hydrogen-bond donors (Lipinski definition) is 0. The number of ether oxygens (including phenoxy) is 1. The number of nitrogens with zero attached hydrogens (tertiary/aromatic N) is 4. The average molecular weight is 397 g/mol. The summed E-state index contributed by atoms with van der Waals surface area (Å²) in [7, 11) is 0. The first-order valence-electron chi connectivity index (χ1n) is 9.75. The second-order valence-corrected chi connectivity index (χ2v) is 7.60. The average Bonchev–Trinajstić information content (AvgIpc) is 3.16. The minimum absolute atomic E-state index is 0.00530. The van der Waals surface area contributed by atoms with Gasteiger partial charge in [0.2, 0.25) is 0 Å². The zero-order chi connectivity index (χ0) is 19.3. The first kappa shape index (κ1) is 19.1. The van der Waals surface area contributed by atoms with Crippen LogP contribution in [0.1, 0.15) is 35.5 Å². The molecule has 0 saturated carbocycles. The molecule has 0 radical (unpaired) electrons. The summed E-state index contributed by atoms with van der Waals surface area (Å²) in [4.78, 5) is 7.28. The van der Waals surface area contributed by atoms with Gasteiger partial charge in [-0.05, 0) is 36.8 Å². The van der Waals surface area contributed by atoms with Gasteiger partial charge in [0, 0.05) is 55.1 Å². The van der Waals surface area contributed by atoms with Crippen LogP contribution in [0.15, 0.2) is 54.9 Å². The van der Waals surface area contributed by atoms with Crippen LogP contribution in [-0.2, 0) is 24.2 Å². The third kappa shape index (κ3) is 4.79. The lowest BCUT2D eigenvalue weighted by Gasteiger charge is -2.32. The summed E-state index contributed by atoms with van der Waals surface area (Å²) in [5, 5.41) is 5.13. The summed E-state index contributed by atoms with van der Waals surface area (Å²) in [5.74, 6) is 0. The van der Waals surface area contributed by atoms with Crippen molar-refractivity contribution in [3.8, 4) is 0 Å².